The molecule has 0 aliphatic heterocycles. The van der Waals surface area contributed by atoms with Crippen LogP contribution in [-0.4, -0.2) is 50.9 Å². The molecular weight excluding hydrogens is 654 g/mol. The van der Waals surface area contributed by atoms with Crippen molar-refractivity contribution in [3.05, 3.63) is 125 Å². The number of rotatable bonds is 14. The van der Waals surface area contributed by atoms with Crippen molar-refractivity contribution in [1.82, 2.24) is 10.2 Å². The van der Waals surface area contributed by atoms with E-state index in [1.54, 1.807) is 61.7 Å². The fourth-order valence-electron chi connectivity index (χ4n) is 4.82. The zero-order chi connectivity index (χ0) is 32.4. The Labute approximate surface area is 274 Å². The number of hydrogen-bond donors (Lipinski definition) is 1. The summed E-state index contributed by atoms with van der Waals surface area (Å²) in [7, 11) is -2.60. The van der Waals surface area contributed by atoms with Gasteiger partial charge in [-0.2, -0.15) is 0 Å². The Morgan fingerprint density at radius 2 is 1.49 bits per heavy atom. The Morgan fingerprint density at radius 1 is 0.867 bits per heavy atom. The van der Waals surface area contributed by atoms with Gasteiger partial charge in [0.15, 0.2) is 0 Å². The molecule has 4 aromatic carbocycles. The van der Waals surface area contributed by atoms with Crippen molar-refractivity contribution in [2.75, 3.05) is 18.0 Å². The molecule has 0 aliphatic carbocycles. The summed E-state index contributed by atoms with van der Waals surface area (Å²) < 4.78 is 35.4. The quantitative estimate of drug-likeness (QED) is 0.170. The van der Waals surface area contributed by atoms with Crippen LogP contribution in [0.4, 0.5) is 5.69 Å². The lowest BCUT2D eigenvalue weighted by atomic mass is 10.0. The Bertz CT molecular complexity index is 1670. The minimum Gasteiger partial charge on any atom is -0.497 e. The minimum absolute atomic E-state index is 0.0513. The van der Waals surface area contributed by atoms with E-state index in [4.69, 9.17) is 4.74 Å². The molecule has 4 aromatic rings. The van der Waals surface area contributed by atoms with Gasteiger partial charge in [0.1, 0.15) is 18.3 Å². The van der Waals surface area contributed by atoms with E-state index in [1.165, 1.54) is 17.0 Å². The van der Waals surface area contributed by atoms with Crippen molar-refractivity contribution in [3.63, 3.8) is 0 Å². The summed E-state index contributed by atoms with van der Waals surface area (Å²) in [6, 6.07) is 30.4. The van der Waals surface area contributed by atoms with Gasteiger partial charge in [0.25, 0.3) is 10.0 Å². The zero-order valence-corrected chi connectivity index (χ0v) is 28.0. The van der Waals surface area contributed by atoms with E-state index in [1.807, 2.05) is 56.3 Å². The molecule has 4 rings (SSSR count). The Morgan fingerprint density at radius 3 is 2.11 bits per heavy atom. The topological polar surface area (TPSA) is 96.0 Å². The molecule has 8 nitrogen and oxygen atoms in total. The van der Waals surface area contributed by atoms with Gasteiger partial charge in [0, 0.05) is 23.5 Å². The van der Waals surface area contributed by atoms with Gasteiger partial charge in [-0.3, -0.25) is 13.9 Å². The molecule has 2 atom stereocenters. The molecule has 236 valence electrons. The maximum absolute atomic E-state index is 14.5. The van der Waals surface area contributed by atoms with Crippen molar-refractivity contribution in [2.24, 2.45) is 0 Å². The van der Waals surface area contributed by atoms with Gasteiger partial charge in [-0.15, -0.1) is 0 Å². The second-order valence-electron chi connectivity index (χ2n) is 10.7. The zero-order valence-electron chi connectivity index (χ0n) is 25.6. The number of sulfonamides is 1. The van der Waals surface area contributed by atoms with E-state index in [9.17, 15) is 18.0 Å². The second-order valence-corrected chi connectivity index (χ2v) is 13.5. The molecular formula is C35H38BrN3O5S. The molecule has 0 fully saturated rings. The Hall–Kier alpha value is -4.15. The van der Waals surface area contributed by atoms with E-state index >= 15 is 0 Å². The van der Waals surface area contributed by atoms with Gasteiger partial charge in [-0.25, -0.2) is 8.42 Å². The van der Waals surface area contributed by atoms with Crippen LogP contribution in [-0.2, 0) is 32.6 Å². The van der Waals surface area contributed by atoms with E-state index in [0.717, 1.165) is 19.9 Å². The molecule has 0 saturated carbocycles. The van der Waals surface area contributed by atoms with Crippen molar-refractivity contribution in [2.45, 2.75) is 50.2 Å². The summed E-state index contributed by atoms with van der Waals surface area (Å²) in [6.45, 7) is 3.42. The van der Waals surface area contributed by atoms with Crippen LogP contribution >= 0.6 is 15.9 Å². The summed E-state index contributed by atoms with van der Waals surface area (Å²) in [5, 5.41) is 3.05. The lowest BCUT2D eigenvalue weighted by Gasteiger charge is -2.34. The fraction of sp³-hybridized carbons (Fsp3) is 0.257. The highest BCUT2D eigenvalue weighted by atomic mass is 79.9. The molecule has 2 amide bonds. The highest BCUT2D eigenvalue weighted by Crippen LogP contribution is 2.27. The SMILES string of the molecule is CC[C@H](C)NC(=O)[C@H](Cc1ccccc1)N(Cc1cccc(OC)c1)C(=O)CN(c1ccc(Br)cc1)S(=O)(=O)c1ccccc1. The third-order valence-electron chi connectivity index (χ3n) is 7.48. The first-order chi connectivity index (χ1) is 21.6. The summed E-state index contributed by atoms with van der Waals surface area (Å²) in [6.07, 6.45) is 0.947. The van der Waals surface area contributed by atoms with Gasteiger partial charge in [0.05, 0.1) is 17.7 Å². The van der Waals surface area contributed by atoms with Crippen LogP contribution in [0.25, 0.3) is 0 Å². The summed E-state index contributed by atoms with van der Waals surface area (Å²) in [5.41, 5.74) is 1.92. The molecule has 0 spiro atoms. The number of carbonyl (C=O) groups is 2. The van der Waals surface area contributed by atoms with Crippen LogP contribution in [0.5, 0.6) is 5.75 Å². The highest BCUT2D eigenvalue weighted by Gasteiger charge is 2.35. The average Bonchev–Trinajstić information content (AvgIpc) is 3.06. The molecule has 0 aromatic heterocycles. The van der Waals surface area contributed by atoms with Crippen molar-refractivity contribution in [1.29, 1.82) is 0 Å². The normalized spacial score (nSPS) is 12.5. The molecule has 0 saturated heterocycles. The lowest BCUT2D eigenvalue weighted by Crippen LogP contribution is -2.54. The first-order valence-corrected chi connectivity index (χ1v) is 17.0. The van der Waals surface area contributed by atoms with Crippen molar-refractivity contribution < 1.29 is 22.7 Å². The number of nitrogens with zero attached hydrogens (tertiary/aromatic N) is 2. The Kier molecular flexibility index (Phi) is 11.8. The number of carbonyl (C=O) groups excluding carboxylic acids is 2. The van der Waals surface area contributed by atoms with Crippen LogP contribution in [0.1, 0.15) is 31.4 Å². The van der Waals surface area contributed by atoms with E-state index in [2.05, 4.69) is 21.2 Å². The first kappa shape index (κ1) is 33.7. The third-order valence-corrected chi connectivity index (χ3v) is 9.80. The maximum atomic E-state index is 14.5. The van der Waals surface area contributed by atoms with Crippen LogP contribution < -0.4 is 14.4 Å². The van der Waals surface area contributed by atoms with Crippen LogP contribution in [0.2, 0.25) is 0 Å². The van der Waals surface area contributed by atoms with E-state index in [0.29, 0.717) is 17.9 Å². The number of amides is 2. The number of ether oxygens (including phenoxy) is 1. The average molecular weight is 693 g/mol. The monoisotopic (exact) mass is 691 g/mol. The predicted molar refractivity (Wildman–Crippen MR) is 180 cm³/mol. The lowest BCUT2D eigenvalue weighted by molar-refractivity contribution is -0.140. The van der Waals surface area contributed by atoms with Gasteiger partial charge >= 0.3 is 0 Å². The number of nitrogens with one attached hydrogen (secondary N) is 1. The van der Waals surface area contributed by atoms with Gasteiger partial charge in [-0.1, -0.05) is 83.5 Å². The molecule has 0 heterocycles. The van der Waals surface area contributed by atoms with Crippen molar-refractivity contribution >= 4 is 43.5 Å². The number of halogens is 1. The van der Waals surface area contributed by atoms with Gasteiger partial charge < -0.3 is 15.0 Å². The standard InChI is InChI=1S/C35H38BrN3O5S/c1-4-26(2)37-35(41)33(23-27-12-7-5-8-13-27)38(24-28-14-11-15-31(22-28)44-3)34(40)25-39(30-20-18-29(36)19-21-30)45(42,43)32-16-9-6-10-17-32/h5-22,26,33H,4,23-25H2,1-3H3,(H,37,41)/t26-,33-/m0/s1. The number of anilines is 1. The van der Waals surface area contributed by atoms with E-state index < -0.39 is 28.5 Å². The van der Waals surface area contributed by atoms with Crippen molar-refractivity contribution in [3.8, 4) is 5.75 Å². The fourth-order valence-corrected chi connectivity index (χ4v) is 6.52. The number of benzene rings is 4. The minimum atomic E-state index is -4.16. The summed E-state index contributed by atoms with van der Waals surface area (Å²) >= 11 is 3.41. The molecule has 0 radical (unpaired) electrons. The summed E-state index contributed by atoms with van der Waals surface area (Å²) in [5.74, 6) is -0.238. The number of methoxy groups -OCH3 is 1. The molecule has 1 N–H and O–H groups in total. The molecule has 0 bridgehead atoms. The van der Waals surface area contributed by atoms with Crippen LogP contribution in [0, 0.1) is 0 Å². The predicted octanol–water partition coefficient (Wildman–Crippen LogP) is 6.21. The molecule has 0 unspecified atom stereocenters. The van der Waals surface area contributed by atoms with Crippen LogP contribution in [0.15, 0.2) is 119 Å². The Balaban J connectivity index is 1.81. The van der Waals surface area contributed by atoms with Gasteiger partial charge in [0.2, 0.25) is 11.8 Å². The van der Waals surface area contributed by atoms with Crippen LogP contribution in [0.3, 0.4) is 0 Å². The maximum Gasteiger partial charge on any atom is 0.264 e. The molecule has 0 aliphatic rings. The van der Waals surface area contributed by atoms with E-state index in [-0.39, 0.29) is 29.8 Å². The number of hydrogen-bond acceptors (Lipinski definition) is 5. The largest absolute Gasteiger partial charge is 0.497 e. The molecule has 45 heavy (non-hydrogen) atoms. The highest BCUT2D eigenvalue weighted by molar-refractivity contribution is 9.10. The first-order valence-electron chi connectivity index (χ1n) is 14.7. The third kappa shape index (κ3) is 8.95. The molecule has 10 heteroatoms. The smallest absolute Gasteiger partial charge is 0.264 e. The van der Waals surface area contributed by atoms with Gasteiger partial charge in [-0.05, 0) is 73.0 Å². The summed E-state index contributed by atoms with van der Waals surface area (Å²) in [4.78, 5) is 30.0. The second kappa shape index (κ2) is 15.7.